The Balaban J connectivity index is 2.16. The Morgan fingerprint density at radius 1 is 1.10 bits per heavy atom. The first-order valence-electron chi connectivity index (χ1n) is 6.65. The third-order valence-corrected chi connectivity index (χ3v) is 3.14. The zero-order valence-electron chi connectivity index (χ0n) is 12.0. The number of hydrogen-bond acceptors (Lipinski definition) is 2. The average Bonchev–Trinajstić information content (AvgIpc) is 2.47. The predicted molar refractivity (Wildman–Crippen MR) is 81.5 cm³/mol. The molecule has 0 fully saturated rings. The van der Waals surface area contributed by atoms with E-state index in [1.807, 2.05) is 24.3 Å². The van der Waals surface area contributed by atoms with Crippen LogP contribution in [0.5, 0.6) is 5.75 Å². The fourth-order valence-corrected chi connectivity index (χ4v) is 1.94. The largest absolute Gasteiger partial charge is 0.497 e. The molecule has 2 rings (SSSR count). The quantitative estimate of drug-likeness (QED) is 0.908. The third kappa shape index (κ3) is 3.38. The minimum Gasteiger partial charge on any atom is -0.497 e. The number of methoxy groups -OCH3 is 1. The van der Waals surface area contributed by atoms with Crippen LogP contribution in [0.25, 0.3) is 0 Å². The van der Waals surface area contributed by atoms with Gasteiger partial charge in [0, 0.05) is 11.3 Å². The number of carbonyl (C=O) groups excluding carboxylic acids is 1. The molecule has 2 aromatic carbocycles. The van der Waals surface area contributed by atoms with Gasteiger partial charge in [-0.3, -0.25) is 4.79 Å². The summed E-state index contributed by atoms with van der Waals surface area (Å²) in [5, 5.41) is 2.91. The second-order valence-electron chi connectivity index (χ2n) is 4.97. The number of nitrogens with one attached hydrogen (secondary N) is 1. The summed E-state index contributed by atoms with van der Waals surface area (Å²) in [6, 6.07) is 15.0. The molecule has 0 saturated heterocycles. The Morgan fingerprint density at radius 3 is 2.55 bits per heavy atom. The van der Waals surface area contributed by atoms with Crippen LogP contribution < -0.4 is 10.1 Å². The van der Waals surface area contributed by atoms with Crippen LogP contribution >= 0.6 is 0 Å². The van der Waals surface area contributed by atoms with E-state index in [-0.39, 0.29) is 5.91 Å². The van der Waals surface area contributed by atoms with Gasteiger partial charge in [-0.15, -0.1) is 0 Å². The summed E-state index contributed by atoms with van der Waals surface area (Å²) in [7, 11) is 1.59. The van der Waals surface area contributed by atoms with Crippen molar-refractivity contribution in [2.24, 2.45) is 0 Å². The molecule has 104 valence electrons. The Hall–Kier alpha value is -2.29. The number of anilines is 1. The van der Waals surface area contributed by atoms with Gasteiger partial charge >= 0.3 is 0 Å². The Bertz CT molecular complexity index is 605. The smallest absolute Gasteiger partial charge is 0.255 e. The van der Waals surface area contributed by atoms with Crippen molar-refractivity contribution >= 4 is 11.6 Å². The summed E-state index contributed by atoms with van der Waals surface area (Å²) in [5.74, 6) is 0.974. The monoisotopic (exact) mass is 269 g/mol. The van der Waals surface area contributed by atoms with E-state index in [9.17, 15) is 4.79 Å². The molecule has 2 aromatic rings. The summed E-state index contributed by atoms with van der Waals surface area (Å²) >= 11 is 0. The highest BCUT2D eigenvalue weighted by Gasteiger charge is 2.08. The Kier molecular flexibility index (Phi) is 4.41. The van der Waals surface area contributed by atoms with Gasteiger partial charge in [-0.25, -0.2) is 0 Å². The van der Waals surface area contributed by atoms with Gasteiger partial charge in [0.2, 0.25) is 0 Å². The van der Waals surface area contributed by atoms with Crippen molar-refractivity contribution in [3.8, 4) is 5.75 Å². The van der Waals surface area contributed by atoms with Crippen molar-refractivity contribution in [2.75, 3.05) is 12.4 Å². The van der Waals surface area contributed by atoms with Crippen LogP contribution in [-0.4, -0.2) is 13.0 Å². The zero-order chi connectivity index (χ0) is 14.5. The zero-order valence-corrected chi connectivity index (χ0v) is 12.0. The molecule has 0 spiro atoms. The molecule has 20 heavy (non-hydrogen) atoms. The lowest BCUT2D eigenvalue weighted by molar-refractivity contribution is 0.102. The van der Waals surface area contributed by atoms with Gasteiger partial charge in [-0.1, -0.05) is 32.0 Å². The number of hydrogen-bond donors (Lipinski definition) is 1. The van der Waals surface area contributed by atoms with Crippen LogP contribution in [0.2, 0.25) is 0 Å². The van der Waals surface area contributed by atoms with Crippen LogP contribution in [0.4, 0.5) is 5.69 Å². The molecule has 0 saturated carbocycles. The maximum absolute atomic E-state index is 12.2. The van der Waals surface area contributed by atoms with Crippen molar-refractivity contribution in [3.05, 3.63) is 59.7 Å². The first-order chi connectivity index (χ1) is 9.60. The SMILES string of the molecule is COc1cccc(C(=O)Nc2cccc(C(C)C)c2)c1. The maximum Gasteiger partial charge on any atom is 0.255 e. The van der Waals surface area contributed by atoms with Crippen LogP contribution in [0.3, 0.4) is 0 Å². The molecule has 1 N–H and O–H groups in total. The van der Waals surface area contributed by atoms with Crippen LogP contribution in [0.15, 0.2) is 48.5 Å². The molecule has 0 aliphatic rings. The van der Waals surface area contributed by atoms with Gasteiger partial charge in [0.05, 0.1) is 7.11 Å². The average molecular weight is 269 g/mol. The highest BCUT2D eigenvalue weighted by atomic mass is 16.5. The van der Waals surface area contributed by atoms with Gasteiger partial charge in [-0.2, -0.15) is 0 Å². The highest BCUT2D eigenvalue weighted by Crippen LogP contribution is 2.20. The molecule has 1 amide bonds. The van der Waals surface area contributed by atoms with Crippen molar-refractivity contribution in [1.29, 1.82) is 0 Å². The van der Waals surface area contributed by atoms with Gasteiger partial charge in [-0.05, 0) is 41.8 Å². The molecule has 0 aliphatic carbocycles. The fourth-order valence-electron chi connectivity index (χ4n) is 1.94. The van der Waals surface area contributed by atoms with Gasteiger partial charge in [0.15, 0.2) is 0 Å². The lowest BCUT2D eigenvalue weighted by Gasteiger charge is -2.10. The lowest BCUT2D eigenvalue weighted by atomic mass is 10.0. The van der Waals surface area contributed by atoms with E-state index < -0.39 is 0 Å². The van der Waals surface area contributed by atoms with Gasteiger partial charge in [0.1, 0.15) is 5.75 Å². The summed E-state index contributed by atoms with van der Waals surface area (Å²) in [5.41, 5.74) is 2.59. The second-order valence-corrected chi connectivity index (χ2v) is 4.97. The third-order valence-electron chi connectivity index (χ3n) is 3.14. The minimum absolute atomic E-state index is 0.134. The number of benzene rings is 2. The predicted octanol–water partition coefficient (Wildman–Crippen LogP) is 4.07. The molecular weight excluding hydrogens is 250 g/mol. The molecule has 3 heteroatoms. The van der Waals surface area contributed by atoms with E-state index >= 15 is 0 Å². The summed E-state index contributed by atoms with van der Waals surface area (Å²) < 4.78 is 5.13. The normalized spacial score (nSPS) is 10.4. The first kappa shape index (κ1) is 14.1. The molecular formula is C17H19NO2. The molecule has 0 aromatic heterocycles. The van der Waals surface area contributed by atoms with E-state index in [2.05, 4.69) is 25.2 Å². The molecule has 0 bridgehead atoms. The Morgan fingerprint density at radius 2 is 1.85 bits per heavy atom. The van der Waals surface area contributed by atoms with Crippen LogP contribution in [-0.2, 0) is 0 Å². The minimum atomic E-state index is -0.134. The van der Waals surface area contributed by atoms with E-state index in [0.717, 1.165) is 5.69 Å². The van der Waals surface area contributed by atoms with E-state index in [1.54, 1.807) is 25.3 Å². The molecule has 0 unspecified atom stereocenters. The fraction of sp³-hybridized carbons (Fsp3) is 0.235. The summed E-state index contributed by atoms with van der Waals surface area (Å²) in [6.07, 6.45) is 0. The van der Waals surface area contributed by atoms with Gasteiger partial charge < -0.3 is 10.1 Å². The van der Waals surface area contributed by atoms with E-state index in [0.29, 0.717) is 17.2 Å². The molecule has 0 radical (unpaired) electrons. The summed E-state index contributed by atoms with van der Waals surface area (Å²) in [6.45, 7) is 4.26. The number of ether oxygens (including phenoxy) is 1. The highest BCUT2D eigenvalue weighted by molar-refractivity contribution is 6.04. The summed E-state index contributed by atoms with van der Waals surface area (Å²) in [4.78, 5) is 12.2. The van der Waals surface area contributed by atoms with E-state index in [4.69, 9.17) is 4.74 Å². The van der Waals surface area contributed by atoms with Crippen LogP contribution in [0, 0.1) is 0 Å². The maximum atomic E-state index is 12.2. The topological polar surface area (TPSA) is 38.3 Å². The van der Waals surface area contributed by atoms with Crippen molar-refractivity contribution in [2.45, 2.75) is 19.8 Å². The van der Waals surface area contributed by atoms with Crippen molar-refractivity contribution < 1.29 is 9.53 Å². The number of rotatable bonds is 4. The number of amides is 1. The van der Waals surface area contributed by atoms with Crippen molar-refractivity contribution in [3.63, 3.8) is 0 Å². The molecule has 0 heterocycles. The number of carbonyl (C=O) groups is 1. The first-order valence-corrected chi connectivity index (χ1v) is 6.65. The lowest BCUT2D eigenvalue weighted by Crippen LogP contribution is -2.12. The Labute approximate surface area is 119 Å². The van der Waals surface area contributed by atoms with Gasteiger partial charge in [0.25, 0.3) is 5.91 Å². The molecule has 0 aliphatic heterocycles. The second kappa shape index (κ2) is 6.24. The molecule has 3 nitrogen and oxygen atoms in total. The molecule has 0 atom stereocenters. The van der Waals surface area contributed by atoms with Crippen molar-refractivity contribution in [1.82, 2.24) is 0 Å². The van der Waals surface area contributed by atoms with E-state index in [1.165, 1.54) is 5.56 Å². The van der Waals surface area contributed by atoms with Crippen LogP contribution in [0.1, 0.15) is 35.7 Å². The standard InChI is InChI=1S/C17H19NO2/c1-12(2)13-6-4-8-15(10-13)18-17(19)14-7-5-9-16(11-14)20-3/h4-12H,1-3H3,(H,18,19).